The van der Waals surface area contributed by atoms with E-state index in [0.29, 0.717) is 19.8 Å². The number of aliphatic hydroxyl groups excluding tert-OH is 1. The SMILES string of the molecule is OC(c1ccc2[nH]c3ccccc3c2c1)C1COCCO1. The van der Waals surface area contributed by atoms with Gasteiger partial charge in [-0.15, -0.1) is 0 Å². The summed E-state index contributed by atoms with van der Waals surface area (Å²) in [7, 11) is 0. The van der Waals surface area contributed by atoms with Gasteiger partial charge in [-0.3, -0.25) is 0 Å². The van der Waals surface area contributed by atoms with E-state index in [4.69, 9.17) is 9.47 Å². The summed E-state index contributed by atoms with van der Waals surface area (Å²) in [5.41, 5.74) is 3.05. The number of ether oxygens (including phenoxy) is 2. The van der Waals surface area contributed by atoms with Crippen LogP contribution in [-0.4, -0.2) is 36.0 Å². The maximum absolute atomic E-state index is 10.5. The molecule has 1 aromatic heterocycles. The Morgan fingerprint density at radius 1 is 1.05 bits per heavy atom. The van der Waals surface area contributed by atoms with E-state index in [1.807, 2.05) is 30.3 Å². The zero-order valence-corrected chi connectivity index (χ0v) is 11.6. The molecule has 0 saturated carbocycles. The van der Waals surface area contributed by atoms with E-state index >= 15 is 0 Å². The third-order valence-electron chi connectivity index (χ3n) is 4.07. The minimum atomic E-state index is -0.664. The summed E-state index contributed by atoms with van der Waals surface area (Å²) >= 11 is 0. The number of H-pyrrole nitrogens is 1. The predicted molar refractivity (Wildman–Crippen MR) is 81.3 cm³/mol. The molecule has 21 heavy (non-hydrogen) atoms. The van der Waals surface area contributed by atoms with Gasteiger partial charge in [0.15, 0.2) is 0 Å². The quantitative estimate of drug-likeness (QED) is 0.760. The van der Waals surface area contributed by atoms with E-state index in [-0.39, 0.29) is 6.10 Å². The van der Waals surface area contributed by atoms with Crippen molar-refractivity contribution in [2.24, 2.45) is 0 Å². The first kappa shape index (κ1) is 12.8. The maximum Gasteiger partial charge on any atom is 0.111 e. The summed E-state index contributed by atoms with van der Waals surface area (Å²) in [5.74, 6) is 0. The van der Waals surface area contributed by atoms with Gasteiger partial charge >= 0.3 is 0 Å². The van der Waals surface area contributed by atoms with Crippen LogP contribution in [0.1, 0.15) is 11.7 Å². The fraction of sp³-hybridized carbons (Fsp3) is 0.294. The van der Waals surface area contributed by atoms with Crippen LogP contribution in [0.4, 0.5) is 0 Å². The molecule has 1 saturated heterocycles. The minimum Gasteiger partial charge on any atom is -0.386 e. The standard InChI is InChI=1S/C17H17NO3/c19-17(16-10-20-7-8-21-16)11-5-6-15-13(9-11)12-3-1-2-4-14(12)18-15/h1-6,9,16-19H,7-8,10H2. The van der Waals surface area contributed by atoms with Crippen molar-refractivity contribution in [2.45, 2.75) is 12.2 Å². The summed E-state index contributed by atoms with van der Waals surface area (Å²) in [6, 6.07) is 14.2. The fourth-order valence-electron chi connectivity index (χ4n) is 2.95. The molecule has 4 rings (SSSR count). The lowest BCUT2D eigenvalue weighted by atomic mass is 10.0. The van der Waals surface area contributed by atoms with Gasteiger partial charge < -0.3 is 19.6 Å². The topological polar surface area (TPSA) is 54.5 Å². The van der Waals surface area contributed by atoms with E-state index in [1.54, 1.807) is 0 Å². The van der Waals surface area contributed by atoms with Crippen molar-refractivity contribution in [3.05, 3.63) is 48.0 Å². The van der Waals surface area contributed by atoms with Crippen molar-refractivity contribution in [3.63, 3.8) is 0 Å². The van der Waals surface area contributed by atoms with Crippen LogP contribution in [0.25, 0.3) is 21.8 Å². The van der Waals surface area contributed by atoms with Crippen LogP contribution in [-0.2, 0) is 9.47 Å². The molecule has 3 aromatic rings. The summed E-state index contributed by atoms with van der Waals surface area (Å²) in [5, 5.41) is 12.8. The summed E-state index contributed by atoms with van der Waals surface area (Å²) in [6.45, 7) is 1.58. The maximum atomic E-state index is 10.5. The lowest BCUT2D eigenvalue weighted by Gasteiger charge is -2.27. The Balaban J connectivity index is 1.76. The molecule has 0 radical (unpaired) electrons. The highest BCUT2D eigenvalue weighted by molar-refractivity contribution is 6.07. The first-order valence-corrected chi connectivity index (χ1v) is 7.21. The molecule has 0 bridgehead atoms. The molecular formula is C17H17NO3. The highest BCUT2D eigenvalue weighted by Crippen LogP contribution is 2.29. The fourth-order valence-corrected chi connectivity index (χ4v) is 2.95. The number of aromatic nitrogens is 1. The second-order valence-corrected chi connectivity index (χ2v) is 5.40. The minimum absolute atomic E-state index is 0.290. The van der Waals surface area contributed by atoms with Crippen LogP contribution < -0.4 is 0 Å². The second-order valence-electron chi connectivity index (χ2n) is 5.40. The van der Waals surface area contributed by atoms with Crippen LogP contribution in [0.3, 0.4) is 0 Å². The Morgan fingerprint density at radius 3 is 2.76 bits per heavy atom. The summed E-state index contributed by atoms with van der Waals surface area (Å²) in [4.78, 5) is 3.39. The summed E-state index contributed by atoms with van der Waals surface area (Å²) in [6.07, 6.45) is -0.954. The number of aromatic amines is 1. The zero-order valence-electron chi connectivity index (χ0n) is 11.6. The zero-order chi connectivity index (χ0) is 14.2. The second kappa shape index (κ2) is 5.15. The molecule has 1 aliphatic rings. The van der Waals surface area contributed by atoms with Gasteiger partial charge in [0.2, 0.25) is 0 Å². The smallest absolute Gasteiger partial charge is 0.111 e. The monoisotopic (exact) mass is 283 g/mol. The summed E-state index contributed by atoms with van der Waals surface area (Å²) < 4.78 is 11.0. The first-order chi connectivity index (χ1) is 10.3. The molecule has 2 heterocycles. The molecular weight excluding hydrogens is 266 g/mol. The Hall–Kier alpha value is -1.88. The average molecular weight is 283 g/mol. The van der Waals surface area contributed by atoms with E-state index in [2.05, 4.69) is 17.1 Å². The van der Waals surface area contributed by atoms with Crippen molar-refractivity contribution in [1.29, 1.82) is 0 Å². The Morgan fingerprint density at radius 2 is 1.90 bits per heavy atom. The molecule has 4 nitrogen and oxygen atoms in total. The van der Waals surface area contributed by atoms with Crippen molar-refractivity contribution in [2.75, 3.05) is 19.8 Å². The Labute approximate surface area is 122 Å². The normalized spacial score (nSPS) is 20.9. The number of fused-ring (bicyclic) bond motifs is 3. The number of nitrogens with one attached hydrogen (secondary N) is 1. The van der Waals surface area contributed by atoms with Crippen LogP contribution in [0.15, 0.2) is 42.5 Å². The highest BCUT2D eigenvalue weighted by Gasteiger charge is 2.25. The third kappa shape index (κ3) is 2.21. The van der Waals surface area contributed by atoms with Gasteiger partial charge in [-0.1, -0.05) is 24.3 Å². The van der Waals surface area contributed by atoms with Gasteiger partial charge in [-0.2, -0.15) is 0 Å². The van der Waals surface area contributed by atoms with Gasteiger partial charge in [0.1, 0.15) is 12.2 Å². The van der Waals surface area contributed by atoms with Gasteiger partial charge in [0.25, 0.3) is 0 Å². The lowest BCUT2D eigenvalue weighted by Crippen LogP contribution is -2.33. The number of benzene rings is 2. The van der Waals surface area contributed by atoms with Crippen LogP contribution in [0, 0.1) is 0 Å². The molecule has 108 valence electrons. The van der Waals surface area contributed by atoms with Crippen molar-refractivity contribution in [3.8, 4) is 0 Å². The van der Waals surface area contributed by atoms with Crippen LogP contribution in [0.2, 0.25) is 0 Å². The lowest BCUT2D eigenvalue weighted by molar-refractivity contribution is -0.133. The Bertz CT molecular complexity index is 774. The molecule has 1 fully saturated rings. The van der Waals surface area contributed by atoms with Crippen LogP contribution >= 0.6 is 0 Å². The number of hydrogen-bond acceptors (Lipinski definition) is 3. The van der Waals surface area contributed by atoms with E-state index in [9.17, 15) is 5.11 Å². The van der Waals surface area contributed by atoms with E-state index in [1.165, 1.54) is 5.39 Å². The van der Waals surface area contributed by atoms with Crippen molar-refractivity contribution >= 4 is 21.8 Å². The number of aliphatic hydroxyl groups is 1. The molecule has 0 aliphatic carbocycles. The predicted octanol–water partition coefficient (Wildman–Crippen LogP) is 2.77. The molecule has 2 unspecified atom stereocenters. The number of hydrogen-bond donors (Lipinski definition) is 2. The van der Waals surface area contributed by atoms with E-state index in [0.717, 1.165) is 22.0 Å². The average Bonchev–Trinajstić information content (AvgIpc) is 2.93. The van der Waals surface area contributed by atoms with E-state index < -0.39 is 6.10 Å². The van der Waals surface area contributed by atoms with Gasteiger partial charge in [-0.25, -0.2) is 0 Å². The van der Waals surface area contributed by atoms with Gasteiger partial charge in [0, 0.05) is 21.8 Å². The largest absolute Gasteiger partial charge is 0.386 e. The third-order valence-corrected chi connectivity index (χ3v) is 4.07. The highest BCUT2D eigenvalue weighted by atomic mass is 16.6. The molecule has 2 atom stereocenters. The van der Waals surface area contributed by atoms with Crippen LogP contribution in [0.5, 0.6) is 0 Å². The molecule has 2 aromatic carbocycles. The molecule has 2 N–H and O–H groups in total. The molecule has 0 amide bonds. The van der Waals surface area contributed by atoms with Crippen molar-refractivity contribution < 1.29 is 14.6 Å². The van der Waals surface area contributed by atoms with Gasteiger partial charge in [0.05, 0.1) is 19.8 Å². The number of rotatable bonds is 2. The van der Waals surface area contributed by atoms with Crippen molar-refractivity contribution in [1.82, 2.24) is 4.98 Å². The molecule has 0 spiro atoms. The first-order valence-electron chi connectivity index (χ1n) is 7.21. The van der Waals surface area contributed by atoms with Gasteiger partial charge in [-0.05, 0) is 23.8 Å². The Kier molecular flexibility index (Phi) is 3.15. The molecule has 1 aliphatic heterocycles. The number of para-hydroxylation sites is 1. The molecule has 4 heteroatoms.